The number of rotatable bonds is 3. The number of H-pyrrole nitrogens is 1. The first kappa shape index (κ1) is 14.0. The van der Waals surface area contributed by atoms with Crippen LogP contribution in [0.1, 0.15) is 0 Å². The molecule has 2 heterocycles. The van der Waals surface area contributed by atoms with Gasteiger partial charge in [0.25, 0.3) is 0 Å². The van der Waals surface area contributed by atoms with Gasteiger partial charge in [-0.1, -0.05) is 12.1 Å². The molecule has 7 nitrogen and oxygen atoms in total. The number of hydrogen-bond acceptors (Lipinski definition) is 6. The van der Waals surface area contributed by atoms with E-state index in [4.69, 9.17) is 5.73 Å². The maximum Gasteiger partial charge on any atom is 0.221 e. The summed E-state index contributed by atoms with van der Waals surface area (Å²) < 4.78 is 0. The van der Waals surface area contributed by atoms with Crippen LogP contribution in [0, 0.1) is 0 Å². The van der Waals surface area contributed by atoms with E-state index in [1.54, 1.807) is 30.6 Å². The molecule has 0 spiro atoms. The standard InChI is InChI=1S/C17H14N6O/c18-17-19-6-5-15(22-17)21-12-7-11-9-20-23-16(11)14(8-12)10-1-3-13(24)4-2-10/h1-9,24H,(H,20,23)(H3,18,19,21,22). The maximum absolute atomic E-state index is 9.49. The zero-order chi connectivity index (χ0) is 16.5. The lowest BCUT2D eigenvalue weighted by atomic mass is 10.0. The third-order valence-corrected chi connectivity index (χ3v) is 3.67. The molecule has 2 aromatic heterocycles. The number of nitrogens with zero attached hydrogens (tertiary/aromatic N) is 3. The van der Waals surface area contributed by atoms with Gasteiger partial charge in [0.05, 0.1) is 11.7 Å². The summed E-state index contributed by atoms with van der Waals surface area (Å²) in [6.07, 6.45) is 3.36. The third-order valence-electron chi connectivity index (χ3n) is 3.67. The Morgan fingerprint density at radius 2 is 1.92 bits per heavy atom. The van der Waals surface area contributed by atoms with Crippen LogP contribution in [0.4, 0.5) is 17.5 Å². The van der Waals surface area contributed by atoms with Crippen LogP contribution >= 0.6 is 0 Å². The van der Waals surface area contributed by atoms with Gasteiger partial charge in [-0.05, 0) is 35.9 Å². The van der Waals surface area contributed by atoms with Crippen molar-refractivity contribution in [3.8, 4) is 16.9 Å². The number of hydrogen-bond donors (Lipinski definition) is 4. The molecule has 24 heavy (non-hydrogen) atoms. The first-order chi connectivity index (χ1) is 11.7. The number of aromatic amines is 1. The molecule has 0 bridgehead atoms. The smallest absolute Gasteiger partial charge is 0.221 e. The van der Waals surface area contributed by atoms with Crippen LogP contribution in [0.2, 0.25) is 0 Å². The fraction of sp³-hybridized carbons (Fsp3) is 0. The number of benzene rings is 2. The van der Waals surface area contributed by atoms with E-state index in [1.807, 2.05) is 24.3 Å². The van der Waals surface area contributed by atoms with Gasteiger partial charge >= 0.3 is 0 Å². The summed E-state index contributed by atoms with van der Waals surface area (Å²) >= 11 is 0. The SMILES string of the molecule is Nc1nccc(Nc2cc(-c3ccc(O)cc3)c3[nH]ncc3c2)n1. The van der Waals surface area contributed by atoms with Crippen LogP contribution in [0.5, 0.6) is 5.75 Å². The Labute approximate surface area is 137 Å². The Morgan fingerprint density at radius 3 is 2.71 bits per heavy atom. The van der Waals surface area contributed by atoms with E-state index in [9.17, 15) is 5.11 Å². The molecule has 0 saturated carbocycles. The number of aromatic nitrogens is 4. The largest absolute Gasteiger partial charge is 0.508 e. The van der Waals surface area contributed by atoms with E-state index in [0.717, 1.165) is 27.7 Å². The summed E-state index contributed by atoms with van der Waals surface area (Å²) in [5.74, 6) is 1.05. The van der Waals surface area contributed by atoms with Crippen molar-refractivity contribution in [3.05, 3.63) is 54.9 Å². The number of nitrogens with two attached hydrogens (primary N) is 1. The molecule has 0 radical (unpaired) electrons. The summed E-state index contributed by atoms with van der Waals surface area (Å²) in [4.78, 5) is 8.03. The molecule has 0 aliphatic heterocycles. The van der Waals surface area contributed by atoms with Gasteiger partial charge in [-0.2, -0.15) is 10.1 Å². The average Bonchev–Trinajstić information content (AvgIpc) is 3.03. The molecule has 0 fully saturated rings. The number of phenolic OH excluding ortho intramolecular Hbond substituents is 1. The summed E-state index contributed by atoms with van der Waals surface area (Å²) in [7, 11) is 0. The third kappa shape index (κ3) is 2.58. The van der Waals surface area contributed by atoms with Crippen molar-refractivity contribution >= 4 is 28.4 Å². The minimum absolute atomic E-state index is 0.211. The van der Waals surface area contributed by atoms with Crippen LogP contribution in [0.3, 0.4) is 0 Å². The van der Waals surface area contributed by atoms with Crippen molar-refractivity contribution in [3.63, 3.8) is 0 Å². The van der Waals surface area contributed by atoms with Crippen LogP contribution in [-0.4, -0.2) is 25.3 Å². The number of nitrogens with one attached hydrogen (secondary N) is 2. The van der Waals surface area contributed by atoms with Gasteiger partial charge in [0.2, 0.25) is 5.95 Å². The van der Waals surface area contributed by atoms with Gasteiger partial charge in [-0.15, -0.1) is 0 Å². The van der Waals surface area contributed by atoms with Crippen LogP contribution < -0.4 is 11.1 Å². The van der Waals surface area contributed by atoms with E-state index in [1.165, 1.54) is 0 Å². The molecule has 0 aliphatic rings. The second kappa shape index (κ2) is 5.54. The number of nitrogen functional groups attached to an aromatic ring is 1. The van der Waals surface area contributed by atoms with E-state index in [0.29, 0.717) is 5.82 Å². The molecule has 0 unspecified atom stereocenters. The Hall–Kier alpha value is -3.61. The zero-order valence-corrected chi connectivity index (χ0v) is 12.6. The predicted molar refractivity (Wildman–Crippen MR) is 92.9 cm³/mol. The minimum atomic E-state index is 0.211. The highest BCUT2D eigenvalue weighted by Crippen LogP contribution is 2.32. The quantitative estimate of drug-likeness (QED) is 0.462. The van der Waals surface area contributed by atoms with Gasteiger partial charge < -0.3 is 16.2 Å². The highest BCUT2D eigenvalue weighted by Gasteiger charge is 2.09. The summed E-state index contributed by atoms with van der Waals surface area (Å²) in [5, 5.41) is 20.8. The molecule has 0 amide bonds. The fourth-order valence-electron chi connectivity index (χ4n) is 2.59. The van der Waals surface area contributed by atoms with Crippen LogP contribution in [0.25, 0.3) is 22.0 Å². The predicted octanol–water partition coefficient (Wildman–Crippen LogP) is 3.05. The lowest BCUT2D eigenvalue weighted by Gasteiger charge is -2.10. The second-order valence-electron chi connectivity index (χ2n) is 5.33. The molecule has 118 valence electrons. The first-order valence-corrected chi connectivity index (χ1v) is 7.31. The lowest BCUT2D eigenvalue weighted by Crippen LogP contribution is -1.99. The van der Waals surface area contributed by atoms with Gasteiger partial charge in [-0.3, -0.25) is 5.10 Å². The molecule has 2 aromatic carbocycles. The minimum Gasteiger partial charge on any atom is -0.508 e. The summed E-state index contributed by atoms with van der Waals surface area (Å²) in [6.45, 7) is 0. The van der Waals surface area contributed by atoms with Gasteiger partial charge in [0.15, 0.2) is 0 Å². The Bertz CT molecular complexity index is 1010. The van der Waals surface area contributed by atoms with E-state index < -0.39 is 0 Å². The van der Waals surface area contributed by atoms with Crippen LogP contribution in [-0.2, 0) is 0 Å². The molecule has 7 heteroatoms. The van der Waals surface area contributed by atoms with Crippen molar-refractivity contribution in [1.82, 2.24) is 20.2 Å². The lowest BCUT2D eigenvalue weighted by molar-refractivity contribution is 0.475. The van der Waals surface area contributed by atoms with Crippen molar-refractivity contribution in [2.45, 2.75) is 0 Å². The monoisotopic (exact) mass is 318 g/mol. The molecular formula is C17H14N6O. The normalized spacial score (nSPS) is 10.8. The molecule has 4 aromatic rings. The van der Waals surface area contributed by atoms with Crippen molar-refractivity contribution in [2.75, 3.05) is 11.1 Å². The molecule has 0 atom stereocenters. The fourth-order valence-corrected chi connectivity index (χ4v) is 2.59. The number of aromatic hydroxyl groups is 1. The topological polar surface area (TPSA) is 113 Å². The van der Waals surface area contributed by atoms with Crippen molar-refractivity contribution in [2.24, 2.45) is 0 Å². The number of phenols is 1. The molecule has 4 rings (SSSR count). The number of fused-ring (bicyclic) bond motifs is 1. The van der Waals surface area contributed by atoms with Gasteiger partial charge in [-0.25, -0.2) is 4.98 Å². The Balaban J connectivity index is 1.81. The number of anilines is 3. The van der Waals surface area contributed by atoms with E-state index in [2.05, 4.69) is 25.5 Å². The second-order valence-corrected chi connectivity index (χ2v) is 5.33. The van der Waals surface area contributed by atoms with Crippen LogP contribution in [0.15, 0.2) is 54.9 Å². The summed E-state index contributed by atoms with van der Waals surface area (Å²) in [5.41, 5.74) is 9.33. The zero-order valence-electron chi connectivity index (χ0n) is 12.6. The maximum atomic E-state index is 9.49. The first-order valence-electron chi connectivity index (χ1n) is 7.31. The van der Waals surface area contributed by atoms with Crippen molar-refractivity contribution < 1.29 is 5.11 Å². The Kier molecular flexibility index (Phi) is 3.24. The molecule has 0 aliphatic carbocycles. The molecule has 5 N–H and O–H groups in total. The van der Waals surface area contributed by atoms with E-state index in [-0.39, 0.29) is 11.7 Å². The highest BCUT2D eigenvalue weighted by atomic mass is 16.3. The van der Waals surface area contributed by atoms with Crippen molar-refractivity contribution in [1.29, 1.82) is 0 Å². The average molecular weight is 318 g/mol. The van der Waals surface area contributed by atoms with Gasteiger partial charge in [0, 0.05) is 22.8 Å². The summed E-state index contributed by atoms with van der Waals surface area (Å²) in [6, 6.07) is 12.7. The molecule has 0 saturated heterocycles. The van der Waals surface area contributed by atoms with E-state index >= 15 is 0 Å². The highest BCUT2D eigenvalue weighted by molar-refractivity contribution is 5.96. The Morgan fingerprint density at radius 1 is 1.08 bits per heavy atom. The molecular weight excluding hydrogens is 304 g/mol. The van der Waals surface area contributed by atoms with Gasteiger partial charge in [0.1, 0.15) is 11.6 Å².